The molecule has 4 rings (SSSR count). The summed E-state index contributed by atoms with van der Waals surface area (Å²) in [4.78, 5) is 13.1. The van der Waals surface area contributed by atoms with Gasteiger partial charge in [-0.3, -0.25) is 4.90 Å². The molecular formula is C33H34ClNO5. The molecule has 1 aliphatic heterocycles. The Bertz CT molecular complexity index is 1360. The van der Waals surface area contributed by atoms with E-state index in [4.69, 9.17) is 26.2 Å². The highest BCUT2D eigenvalue weighted by Crippen LogP contribution is 2.27. The van der Waals surface area contributed by atoms with Crippen LogP contribution in [-0.2, 0) is 4.79 Å². The van der Waals surface area contributed by atoms with Crippen LogP contribution in [0.2, 0.25) is 5.02 Å². The summed E-state index contributed by atoms with van der Waals surface area (Å²) in [6.45, 7) is 4.78. The molecule has 1 heterocycles. The number of ether oxygens (including phenoxy) is 2. The Hall–Kier alpha value is -3.76. The first-order valence-electron chi connectivity index (χ1n) is 13.4. The lowest BCUT2D eigenvalue weighted by molar-refractivity contribution is -0.139. The molecule has 3 aromatic rings. The van der Waals surface area contributed by atoms with Gasteiger partial charge in [-0.1, -0.05) is 47.7 Å². The van der Waals surface area contributed by atoms with Crippen molar-refractivity contribution in [2.45, 2.75) is 19.8 Å². The molecule has 1 fully saturated rings. The van der Waals surface area contributed by atoms with E-state index in [1.165, 1.54) is 0 Å². The van der Waals surface area contributed by atoms with E-state index >= 15 is 0 Å². The fraction of sp³-hybridized carbons (Fsp3) is 0.303. The SMILES string of the molecule is Cc1cc(OCC=C(c2ccc(Cl)cc2)c2ccc(C#CCN3CCC(CO)CC3)cc2)ccc1OCC(=O)O. The molecule has 6 nitrogen and oxygen atoms in total. The normalized spacial score (nSPS) is 14.3. The van der Waals surface area contributed by atoms with Gasteiger partial charge in [0.1, 0.15) is 18.1 Å². The molecule has 0 bridgehead atoms. The number of nitrogens with zero attached hydrogens (tertiary/aromatic N) is 1. The maximum absolute atomic E-state index is 10.8. The van der Waals surface area contributed by atoms with E-state index in [1.807, 2.05) is 55.5 Å². The molecule has 0 amide bonds. The number of carbonyl (C=O) groups is 1. The number of aliphatic carboxylic acids is 1. The predicted octanol–water partition coefficient (Wildman–Crippen LogP) is 5.68. The molecule has 0 spiro atoms. The first-order valence-corrected chi connectivity index (χ1v) is 13.8. The smallest absolute Gasteiger partial charge is 0.341 e. The van der Waals surface area contributed by atoms with Crippen LogP contribution < -0.4 is 9.47 Å². The first-order chi connectivity index (χ1) is 19.4. The van der Waals surface area contributed by atoms with Crippen LogP contribution in [0.4, 0.5) is 0 Å². The topological polar surface area (TPSA) is 79.2 Å². The summed E-state index contributed by atoms with van der Waals surface area (Å²) < 4.78 is 11.3. The Balaban J connectivity index is 1.43. The summed E-state index contributed by atoms with van der Waals surface area (Å²) >= 11 is 6.14. The van der Waals surface area contributed by atoms with Crippen LogP contribution >= 0.6 is 11.6 Å². The second kappa shape index (κ2) is 14.6. The minimum Gasteiger partial charge on any atom is -0.489 e. The quantitative estimate of drug-likeness (QED) is 0.311. The molecule has 0 radical (unpaired) electrons. The molecule has 0 aliphatic carbocycles. The number of aliphatic hydroxyl groups is 1. The summed E-state index contributed by atoms with van der Waals surface area (Å²) in [5, 5.41) is 18.8. The first kappa shape index (κ1) is 29.2. The largest absolute Gasteiger partial charge is 0.489 e. The average Bonchev–Trinajstić information content (AvgIpc) is 2.96. The Kier molecular flexibility index (Phi) is 10.7. The number of halogens is 1. The zero-order valence-corrected chi connectivity index (χ0v) is 23.4. The van der Waals surface area contributed by atoms with Crippen LogP contribution in [0.15, 0.2) is 72.8 Å². The van der Waals surface area contributed by atoms with Crippen molar-refractivity contribution in [2.24, 2.45) is 5.92 Å². The number of hydrogen-bond donors (Lipinski definition) is 2. The highest BCUT2D eigenvalue weighted by atomic mass is 35.5. The highest BCUT2D eigenvalue weighted by molar-refractivity contribution is 6.30. The fourth-order valence-corrected chi connectivity index (χ4v) is 4.71. The van der Waals surface area contributed by atoms with Gasteiger partial charge in [0.2, 0.25) is 0 Å². The Morgan fingerprint density at radius 2 is 1.70 bits per heavy atom. The van der Waals surface area contributed by atoms with Crippen LogP contribution in [-0.4, -0.2) is 60.5 Å². The third kappa shape index (κ3) is 8.62. The van der Waals surface area contributed by atoms with Gasteiger partial charge in [-0.15, -0.1) is 0 Å². The zero-order chi connectivity index (χ0) is 28.3. The third-order valence-corrected chi connectivity index (χ3v) is 7.14. The van der Waals surface area contributed by atoms with Crippen molar-refractivity contribution in [3.05, 3.63) is 100 Å². The Morgan fingerprint density at radius 1 is 1.02 bits per heavy atom. The number of aliphatic hydroxyl groups excluding tert-OH is 1. The second-order valence-corrected chi connectivity index (χ2v) is 10.3. The standard InChI is InChI=1S/C33H34ClNO5/c1-24-21-30(12-13-32(24)40-23-33(37)38)39-20-16-31(28-8-10-29(34)11-9-28)27-6-4-25(5-7-27)3-2-17-35-18-14-26(22-36)15-19-35/h4-13,16,21,26,36H,14-15,17-20,22-23H2,1H3,(H,37,38). The van der Waals surface area contributed by atoms with E-state index in [9.17, 15) is 9.90 Å². The minimum atomic E-state index is -1.02. The summed E-state index contributed by atoms with van der Waals surface area (Å²) in [6, 6.07) is 21.2. The van der Waals surface area contributed by atoms with Crippen LogP contribution in [0.3, 0.4) is 0 Å². The van der Waals surface area contributed by atoms with Crippen molar-refractivity contribution >= 4 is 23.1 Å². The van der Waals surface area contributed by atoms with Crippen LogP contribution in [0.25, 0.3) is 5.57 Å². The van der Waals surface area contributed by atoms with E-state index < -0.39 is 5.97 Å². The molecule has 1 aliphatic rings. The number of piperidine rings is 1. The lowest BCUT2D eigenvalue weighted by Gasteiger charge is -2.29. The van der Waals surface area contributed by atoms with Crippen LogP contribution in [0.1, 0.15) is 35.1 Å². The molecule has 0 saturated carbocycles. The Morgan fingerprint density at radius 3 is 2.33 bits per heavy atom. The van der Waals surface area contributed by atoms with E-state index in [0.717, 1.165) is 60.3 Å². The molecule has 0 unspecified atom stereocenters. The summed E-state index contributed by atoms with van der Waals surface area (Å²) in [5.74, 6) is 7.16. The van der Waals surface area contributed by atoms with Gasteiger partial charge in [0.05, 0.1) is 6.54 Å². The summed E-state index contributed by atoms with van der Waals surface area (Å²) in [5.41, 5.74) is 4.83. The molecule has 7 heteroatoms. The molecule has 1 saturated heterocycles. The van der Waals surface area contributed by atoms with E-state index in [-0.39, 0.29) is 13.2 Å². The van der Waals surface area contributed by atoms with Crippen molar-refractivity contribution in [1.82, 2.24) is 4.90 Å². The number of likely N-dealkylation sites (tertiary alicyclic amines) is 1. The monoisotopic (exact) mass is 559 g/mol. The van der Waals surface area contributed by atoms with Gasteiger partial charge >= 0.3 is 5.97 Å². The predicted molar refractivity (Wildman–Crippen MR) is 158 cm³/mol. The van der Waals surface area contributed by atoms with E-state index in [0.29, 0.717) is 29.0 Å². The van der Waals surface area contributed by atoms with Crippen molar-refractivity contribution in [3.63, 3.8) is 0 Å². The lowest BCUT2D eigenvalue weighted by atomic mass is 9.97. The molecule has 0 atom stereocenters. The van der Waals surface area contributed by atoms with Gasteiger partial charge in [0, 0.05) is 17.2 Å². The van der Waals surface area contributed by atoms with Crippen molar-refractivity contribution < 1.29 is 24.5 Å². The molecule has 40 heavy (non-hydrogen) atoms. The van der Waals surface area contributed by atoms with Gasteiger partial charge < -0.3 is 19.7 Å². The Labute approximate surface area is 240 Å². The number of carboxylic acid groups (broad SMARTS) is 1. The van der Waals surface area contributed by atoms with E-state index in [2.05, 4.69) is 28.9 Å². The van der Waals surface area contributed by atoms with Gasteiger partial charge in [-0.05, 0) is 110 Å². The minimum absolute atomic E-state index is 0.281. The maximum atomic E-state index is 10.8. The molecule has 0 aromatic heterocycles. The number of rotatable bonds is 10. The fourth-order valence-electron chi connectivity index (χ4n) is 4.58. The average molecular weight is 560 g/mol. The van der Waals surface area contributed by atoms with E-state index in [1.54, 1.807) is 12.1 Å². The van der Waals surface area contributed by atoms with Crippen molar-refractivity contribution in [1.29, 1.82) is 0 Å². The second-order valence-electron chi connectivity index (χ2n) is 9.83. The molecular weight excluding hydrogens is 526 g/mol. The number of aryl methyl sites for hydroxylation is 1. The summed E-state index contributed by atoms with van der Waals surface area (Å²) in [6.07, 6.45) is 4.09. The molecule has 208 valence electrons. The third-order valence-electron chi connectivity index (χ3n) is 6.89. The molecule has 3 aromatic carbocycles. The van der Waals surface area contributed by atoms with Crippen molar-refractivity contribution in [2.75, 3.05) is 39.5 Å². The van der Waals surface area contributed by atoms with Crippen molar-refractivity contribution in [3.8, 4) is 23.3 Å². The number of benzene rings is 3. The lowest BCUT2D eigenvalue weighted by Crippen LogP contribution is -2.34. The van der Waals surface area contributed by atoms with Gasteiger partial charge in [-0.2, -0.15) is 0 Å². The number of hydrogen-bond acceptors (Lipinski definition) is 5. The summed E-state index contributed by atoms with van der Waals surface area (Å²) in [7, 11) is 0. The van der Waals surface area contributed by atoms with Crippen LogP contribution in [0, 0.1) is 24.7 Å². The van der Waals surface area contributed by atoms with Crippen LogP contribution in [0.5, 0.6) is 11.5 Å². The highest BCUT2D eigenvalue weighted by Gasteiger charge is 2.17. The van der Waals surface area contributed by atoms with Gasteiger partial charge in [0.25, 0.3) is 0 Å². The van der Waals surface area contributed by atoms with Gasteiger partial charge in [-0.25, -0.2) is 4.79 Å². The molecule has 2 N–H and O–H groups in total. The van der Waals surface area contributed by atoms with Gasteiger partial charge in [0.15, 0.2) is 6.61 Å². The zero-order valence-electron chi connectivity index (χ0n) is 22.6. The maximum Gasteiger partial charge on any atom is 0.341 e. The number of carboxylic acids is 1.